The Hall–Kier alpha value is -1.80. The molecule has 0 aliphatic rings. The average Bonchev–Trinajstić information content (AvgIpc) is 2.45. The van der Waals surface area contributed by atoms with Gasteiger partial charge in [-0.1, -0.05) is 12.1 Å². The van der Waals surface area contributed by atoms with Crippen LogP contribution in [-0.2, 0) is 19.6 Å². The lowest BCUT2D eigenvalue weighted by molar-refractivity contribution is -0.120. The summed E-state index contributed by atoms with van der Waals surface area (Å²) in [5.41, 5.74) is 0.339. The van der Waals surface area contributed by atoms with Crippen molar-refractivity contribution in [2.45, 2.75) is 19.9 Å². The fourth-order valence-electron chi connectivity index (χ4n) is 2.06. The summed E-state index contributed by atoms with van der Waals surface area (Å²) in [4.78, 5) is 12.1. The van der Waals surface area contributed by atoms with Gasteiger partial charge in [-0.15, -0.1) is 0 Å². The van der Waals surface area contributed by atoms with Crippen LogP contribution in [-0.4, -0.2) is 53.5 Å². The van der Waals surface area contributed by atoms with Gasteiger partial charge in [0.1, 0.15) is 12.3 Å². The quantitative estimate of drug-likeness (QED) is 0.722. The van der Waals surface area contributed by atoms with Gasteiger partial charge in [0.05, 0.1) is 25.2 Å². The van der Waals surface area contributed by atoms with Gasteiger partial charge in [-0.3, -0.25) is 9.10 Å². The van der Waals surface area contributed by atoms with Gasteiger partial charge in [0.2, 0.25) is 15.9 Å². The van der Waals surface area contributed by atoms with Crippen LogP contribution in [0.4, 0.5) is 5.69 Å². The zero-order chi connectivity index (χ0) is 17.5. The van der Waals surface area contributed by atoms with Crippen molar-refractivity contribution in [2.24, 2.45) is 0 Å². The molecule has 0 saturated carbocycles. The zero-order valence-corrected chi connectivity index (χ0v) is 14.7. The molecule has 1 aromatic rings. The number of methoxy groups -OCH3 is 1. The normalized spacial score (nSPS) is 12.5. The summed E-state index contributed by atoms with van der Waals surface area (Å²) in [7, 11) is -2.11. The van der Waals surface area contributed by atoms with Gasteiger partial charge in [-0.2, -0.15) is 0 Å². The standard InChI is InChI=1S/C15H24N2O5S/c1-5-22-14-9-7-6-8-13(14)17(23(4,19)20)10-15(18)16-12(2)11-21-3/h6-9,12H,5,10-11H2,1-4H3,(H,16,18)/t12-/m0/s1. The number of anilines is 1. The highest BCUT2D eigenvalue weighted by atomic mass is 32.2. The first kappa shape index (κ1) is 19.2. The lowest BCUT2D eigenvalue weighted by Gasteiger charge is -2.24. The monoisotopic (exact) mass is 344 g/mol. The Bertz CT molecular complexity index is 618. The third-order valence-corrected chi connectivity index (χ3v) is 4.07. The predicted molar refractivity (Wildman–Crippen MR) is 89.3 cm³/mol. The maximum Gasteiger partial charge on any atom is 0.241 e. The number of rotatable bonds is 9. The predicted octanol–water partition coefficient (Wildman–Crippen LogP) is 1.00. The SMILES string of the molecule is CCOc1ccccc1N(CC(=O)N[C@@H](C)COC)S(C)(=O)=O. The van der Waals surface area contributed by atoms with Gasteiger partial charge in [-0.25, -0.2) is 8.42 Å². The molecule has 0 bridgehead atoms. The number of nitrogens with one attached hydrogen (secondary N) is 1. The maximum atomic E-state index is 12.1. The first-order chi connectivity index (χ1) is 10.8. The Balaban J connectivity index is 3.01. The van der Waals surface area contributed by atoms with Gasteiger partial charge in [0.15, 0.2) is 0 Å². The van der Waals surface area contributed by atoms with Crippen LogP contribution < -0.4 is 14.4 Å². The minimum atomic E-state index is -3.64. The van der Waals surface area contributed by atoms with Crippen LogP contribution in [0.3, 0.4) is 0 Å². The van der Waals surface area contributed by atoms with Crippen LogP contribution in [0.15, 0.2) is 24.3 Å². The van der Waals surface area contributed by atoms with Gasteiger partial charge in [0, 0.05) is 13.2 Å². The molecular weight excluding hydrogens is 320 g/mol. The Kier molecular flexibility index (Phi) is 7.31. The molecule has 0 aliphatic heterocycles. The highest BCUT2D eigenvalue weighted by Gasteiger charge is 2.24. The van der Waals surface area contributed by atoms with Crippen LogP contribution in [0, 0.1) is 0 Å². The topological polar surface area (TPSA) is 84.9 Å². The summed E-state index contributed by atoms with van der Waals surface area (Å²) in [6, 6.07) is 6.51. The van der Waals surface area contributed by atoms with Crippen molar-refractivity contribution >= 4 is 21.6 Å². The van der Waals surface area contributed by atoms with Gasteiger partial charge < -0.3 is 14.8 Å². The Morgan fingerprint density at radius 1 is 1.35 bits per heavy atom. The van der Waals surface area contributed by atoms with E-state index in [0.29, 0.717) is 24.7 Å². The number of hydrogen-bond acceptors (Lipinski definition) is 5. The molecule has 1 atom stereocenters. The summed E-state index contributed by atoms with van der Waals surface area (Å²) in [5.74, 6) is 0.00411. The summed E-state index contributed by atoms with van der Waals surface area (Å²) in [6.07, 6.45) is 1.06. The Morgan fingerprint density at radius 2 is 2.00 bits per heavy atom. The molecule has 130 valence electrons. The van der Waals surface area contributed by atoms with E-state index in [2.05, 4.69) is 5.32 Å². The highest BCUT2D eigenvalue weighted by molar-refractivity contribution is 7.92. The summed E-state index contributed by atoms with van der Waals surface area (Å²) >= 11 is 0. The van der Waals surface area contributed by atoms with Crippen LogP contribution in [0.25, 0.3) is 0 Å². The number of amides is 1. The van der Waals surface area contributed by atoms with Crippen molar-refractivity contribution in [3.63, 3.8) is 0 Å². The molecule has 7 nitrogen and oxygen atoms in total. The largest absolute Gasteiger partial charge is 0.492 e. The third kappa shape index (κ3) is 6.07. The number of hydrogen-bond donors (Lipinski definition) is 1. The van der Waals surface area contributed by atoms with E-state index in [1.165, 1.54) is 7.11 Å². The van der Waals surface area contributed by atoms with E-state index in [1.54, 1.807) is 38.1 Å². The Labute approximate surface area is 137 Å². The number of ether oxygens (including phenoxy) is 2. The molecular formula is C15H24N2O5S. The van der Waals surface area contributed by atoms with E-state index in [9.17, 15) is 13.2 Å². The molecule has 0 saturated heterocycles. The van der Waals surface area contributed by atoms with E-state index in [-0.39, 0.29) is 12.6 Å². The maximum absolute atomic E-state index is 12.1. The second kappa shape index (κ2) is 8.73. The fourth-order valence-corrected chi connectivity index (χ4v) is 2.92. The average molecular weight is 344 g/mol. The van der Waals surface area contributed by atoms with Crippen LogP contribution >= 0.6 is 0 Å². The van der Waals surface area contributed by atoms with Crippen molar-refractivity contribution in [3.8, 4) is 5.75 Å². The molecule has 0 aromatic heterocycles. The lowest BCUT2D eigenvalue weighted by atomic mass is 10.3. The summed E-state index contributed by atoms with van der Waals surface area (Å²) < 4.78 is 35.6. The Morgan fingerprint density at radius 3 is 2.57 bits per heavy atom. The van der Waals surface area contributed by atoms with Crippen molar-refractivity contribution < 1.29 is 22.7 Å². The van der Waals surface area contributed by atoms with Crippen molar-refractivity contribution in [1.82, 2.24) is 5.32 Å². The first-order valence-electron chi connectivity index (χ1n) is 7.27. The molecule has 0 heterocycles. The summed E-state index contributed by atoms with van der Waals surface area (Å²) in [5, 5.41) is 2.69. The molecule has 1 rings (SSSR count). The van der Waals surface area contributed by atoms with E-state index in [4.69, 9.17) is 9.47 Å². The number of sulfonamides is 1. The second-order valence-corrected chi connectivity index (χ2v) is 7.00. The molecule has 23 heavy (non-hydrogen) atoms. The second-order valence-electron chi connectivity index (χ2n) is 5.09. The molecule has 0 aliphatic carbocycles. The van der Waals surface area contributed by atoms with Crippen LogP contribution in [0.1, 0.15) is 13.8 Å². The minimum absolute atomic E-state index is 0.212. The van der Waals surface area contributed by atoms with Gasteiger partial charge in [0.25, 0.3) is 0 Å². The number of carbonyl (C=O) groups is 1. The third-order valence-electron chi connectivity index (χ3n) is 2.95. The van der Waals surface area contributed by atoms with Gasteiger partial charge >= 0.3 is 0 Å². The van der Waals surface area contributed by atoms with Crippen molar-refractivity contribution in [1.29, 1.82) is 0 Å². The van der Waals surface area contributed by atoms with E-state index >= 15 is 0 Å². The molecule has 0 fully saturated rings. The number of nitrogens with zero attached hydrogens (tertiary/aromatic N) is 1. The first-order valence-corrected chi connectivity index (χ1v) is 9.12. The van der Waals surface area contributed by atoms with Crippen LogP contribution in [0.5, 0.6) is 5.75 Å². The van der Waals surface area contributed by atoms with Crippen molar-refractivity contribution in [2.75, 3.05) is 37.4 Å². The molecule has 0 unspecified atom stereocenters. The van der Waals surface area contributed by atoms with E-state index < -0.39 is 15.9 Å². The molecule has 0 spiro atoms. The van der Waals surface area contributed by atoms with E-state index in [0.717, 1.165) is 10.6 Å². The highest BCUT2D eigenvalue weighted by Crippen LogP contribution is 2.29. The fraction of sp³-hybridized carbons (Fsp3) is 0.533. The van der Waals surface area contributed by atoms with Crippen molar-refractivity contribution in [3.05, 3.63) is 24.3 Å². The lowest BCUT2D eigenvalue weighted by Crippen LogP contribution is -2.44. The van der Waals surface area contributed by atoms with E-state index in [1.807, 2.05) is 0 Å². The van der Waals surface area contributed by atoms with Gasteiger partial charge in [-0.05, 0) is 26.0 Å². The molecule has 1 amide bonds. The summed E-state index contributed by atoms with van der Waals surface area (Å²) in [6.45, 7) is 4.00. The number of carbonyl (C=O) groups excluding carboxylic acids is 1. The molecule has 8 heteroatoms. The number of benzene rings is 1. The molecule has 1 N–H and O–H groups in total. The molecule has 1 aromatic carbocycles. The minimum Gasteiger partial charge on any atom is -0.492 e. The van der Waals surface area contributed by atoms with Crippen LogP contribution in [0.2, 0.25) is 0 Å². The zero-order valence-electron chi connectivity index (χ0n) is 13.9. The smallest absolute Gasteiger partial charge is 0.241 e. The molecule has 0 radical (unpaired) electrons. The number of para-hydroxylation sites is 2.